The fourth-order valence-corrected chi connectivity index (χ4v) is 1.64. The third-order valence-corrected chi connectivity index (χ3v) is 2.77. The van der Waals surface area contributed by atoms with Crippen molar-refractivity contribution in [1.82, 2.24) is 10.6 Å². The number of nitrogens with one attached hydrogen (secondary N) is 2. The van der Waals surface area contributed by atoms with Gasteiger partial charge >= 0.3 is 5.97 Å². The Labute approximate surface area is 106 Å². The van der Waals surface area contributed by atoms with Crippen LogP contribution in [0.15, 0.2) is 30.3 Å². The summed E-state index contributed by atoms with van der Waals surface area (Å²) in [5.41, 5.74) is 0.724. The van der Waals surface area contributed by atoms with Crippen molar-refractivity contribution in [3.05, 3.63) is 35.9 Å². The summed E-state index contributed by atoms with van der Waals surface area (Å²) in [6.07, 6.45) is 0. The van der Waals surface area contributed by atoms with E-state index in [9.17, 15) is 14.7 Å². The third-order valence-electron chi connectivity index (χ3n) is 2.77. The number of aliphatic carboxylic acids is 1. The first-order valence-electron chi connectivity index (χ1n) is 5.79. The number of carbonyl (C=O) groups is 2. The Morgan fingerprint density at radius 1 is 1.28 bits per heavy atom. The molecule has 0 radical (unpaired) electrons. The van der Waals surface area contributed by atoms with Crippen molar-refractivity contribution in [1.29, 1.82) is 0 Å². The minimum Gasteiger partial charge on any atom is -0.481 e. The van der Waals surface area contributed by atoms with Gasteiger partial charge in [-0.25, -0.2) is 0 Å². The normalized spacial score (nSPS) is 13.7. The zero-order chi connectivity index (χ0) is 13.5. The Morgan fingerprint density at radius 2 is 1.89 bits per heavy atom. The van der Waals surface area contributed by atoms with E-state index in [1.165, 1.54) is 0 Å². The smallest absolute Gasteiger partial charge is 0.312 e. The number of hydrogen-bond acceptors (Lipinski definition) is 3. The largest absolute Gasteiger partial charge is 0.481 e. The lowest BCUT2D eigenvalue weighted by Crippen LogP contribution is -2.43. The maximum atomic E-state index is 11.3. The van der Waals surface area contributed by atoms with Crippen LogP contribution in [0.2, 0.25) is 0 Å². The first-order valence-corrected chi connectivity index (χ1v) is 5.79. The summed E-state index contributed by atoms with van der Waals surface area (Å²) in [7, 11) is 1.55. The van der Waals surface area contributed by atoms with Gasteiger partial charge in [0.05, 0.1) is 12.0 Å². The second kappa shape index (κ2) is 6.76. The Morgan fingerprint density at radius 3 is 2.39 bits per heavy atom. The van der Waals surface area contributed by atoms with E-state index in [2.05, 4.69) is 10.6 Å². The average molecular weight is 250 g/mol. The molecular weight excluding hydrogens is 232 g/mol. The highest BCUT2D eigenvalue weighted by Crippen LogP contribution is 2.14. The Kier molecular flexibility index (Phi) is 5.32. The molecule has 0 spiro atoms. The monoisotopic (exact) mass is 250 g/mol. The van der Waals surface area contributed by atoms with Gasteiger partial charge in [-0.2, -0.15) is 0 Å². The zero-order valence-corrected chi connectivity index (χ0v) is 10.5. The predicted octanol–water partition coefficient (Wildman–Crippen LogP) is 0.579. The molecule has 0 saturated heterocycles. The maximum absolute atomic E-state index is 11.3. The lowest BCUT2D eigenvalue weighted by molar-refractivity contribution is -0.139. The maximum Gasteiger partial charge on any atom is 0.312 e. The molecular formula is C13H18N2O3. The Hall–Kier alpha value is -1.88. The molecule has 0 bridgehead atoms. The molecule has 98 valence electrons. The van der Waals surface area contributed by atoms with E-state index in [4.69, 9.17) is 0 Å². The van der Waals surface area contributed by atoms with Crippen molar-refractivity contribution < 1.29 is 14.7 Å². The van der Waals surface area contributed by atoms with E-state index in [0.717, 1.165) is 5.56 Å². The zero-order valence-electron chi connectivity index (χ0n) is 10.5. The van der Waals surface area contributed by atoms with Crippen molar-refractivity contribution in [3.8, 4) is 0 Å². The molecule has 1 aromatic carbocycles. The third kappa shape index (κ3) is 3.85. The molecule has 3 N–H and O–H groups in total. The second-order valence-electron chi connectivity index (χ2n) is 4.05. The minimum atomic E-state index is -0.905. The van der Waals surface area contributed by atoms with Gasteiger partial charge in [0.1, 0.15) is 0 Å². The molecule has 18 heavy (non-hydrogen) atoms. The van der Waals surface area contributed by atoms with Crippen molar-refractivity contribution in [2.45, 2.75) is 18.9 Å². The van der Waals surface area contributed by atoms with Crippen molar-refractivity contribution in [3.63, 3.8) is 0 Å². The van der Waals surface area contributed by atoms with Gasteiger partial charge < -0.3 is 15.7 Å². The molecule has 1 amide bonds. The van der Waals surface area contributed by atoms with Crippen LogP contribution in [-0.4, -0.2) is 36.6 Å². The van der Waals surface area contributed by atoms with E-state index in [0.29, 0.717) is 0 Å². The number of hydrogen-bond donors (Lipinski definition) is 3. The second-order valence-corrected chi connectivity index (χ2v) is 4.05. The van der Waals surface area contributed by atoms with E-state index >= 15 is 0 Å². The Bertz CT molecular complexity index is 406. The van der Waals surface area contributed by atoms with Gasteiger partial charge in [0.15, 0.2) is 0 Å². The fourth-order valence-electron chi connectivity index (χ4n) is 1.64. The van der Waals surface area contributed by atoms with Crippen LogP contribution in [0.4, 0.5) is 0 Å². The summed E-state index contributed by atoms with van der Waals surface area (Å²) in [5.74, 6) is -1.72. The van der Waals surface area contributed by atoms with Gasteiger partial charge in [0.25, 0.3) is 0 Å². The average Bonchev–Trinajstić information content (AvgIpc) is 2.38. The van der Waals surface area contributed by atoms with E-state index < -0.39 is 17.9 Å². The van der Waals surface area contributed by atoms with Crippen molar-refractivity contribution in [2.75, 3.05) is 13.6 Å². The van der Waals surface area contributed by atoms with Crippen LogP contribution in [0.5, 0.6) is 0 Å². The standard InChI is InChI=1S/C13H18N2O3/c1-9(12(16)14-2)15-8-11(13(17)18)10-6-4-3-5-7-10/h3-7,9,11,15H,8H2,1-2H3,(H,14,16)(H,17,18). The molecule has 2 unspecified atom stereocenters. The fraction of sp³-hybridized carbons (Fsp3) is 0.385. The molecule has 0 fully saturated rings. The highest BCUT2D eigenvalue weighted by molar-refractivity contribution is 5.81. The Balaban J connectivity index is 2.66. The predicted molar refractivity (Wildman–Crippen MR) is 68.4 cm³/mol. The topological polar surface area (TPSA) is 78.4 Å². The molecule has 2 atom stereocenters. The van der Waals surface area contributed by atoms with Crippen LogP contribution in [-0.2, 0) is 9.59 Å². The first kappa shape index (κ1) is 14.2. The van der Waals surface area contributed by atoms with Crippen LogP contribution in [0.3, 0.4) is 0 Å². The van der Waals surface area contributed by atoms with Crippen LogP contribution < -0.4 is 10.6 Å². The number of benzene rings is 1. The van der Waals surface area contributed by atoms with Gasteiger partial charge in [-0.15, -0.1) is 0 Å². The number of carbonyl (C=O) groups excluding carboxylic acids is 1. The summed E-state index contributed by atoms with van der Waals surface area (Å²) in [6.45, 7) is 1.91. The minimum absolute atomic E-state index is 0.160. The number of amides is 1. The van der Waals surface area contributed by atoms with Crippen LogP contribution in [0, 0.1) is 0 Å². The number of carboxylic acid groups (broad SMARTS) is 1. The van der Waals surface area contributed by atoms with Crippen molar-refractivity contribution in [2.24, 2.45) is 0 Å². The molecule has 1 aromatic rings. The summed E-state index contributed by atoms with van der Waals surface area (Å²) in [6, 6.07) is 8.56. The molecule has 5 heteroatoms. The molecule has 1 rings (SSSR count). The van der Waals surface area contributed by atoms with Crippen LogP contribution in [0.1, 0.15) is 18.4 Å². The lowest BCUT2D eigenvalue weighted by Gasteiger charge is -2.17. The molecule has 0 aliphatic carbocycles. The van der Waals surface area contributed by atoms with E-state index in [-0.39, 0.29) is 12.5 Å². The molecule has 0 aromatic heterocycles. The SMILES string of the molecule is CNC(=O)C(C)NCC(C(=O)O)c1ccccc1. The molecule has 5 nitrogen and oxygen atoms in total. The lowest BCUT2D eigenvalue weighted by atomic mass is 9.99. The van der Waals surface area contributed by atoms with E-state index in [1.54, 1.807) is 38.2 Å². The molecule has 0 heterocycles. The summed E-state index contributed by atoms with van der Waals surface area (Å²) >= 11 is 0. The summed E-state index contributed by atoms with van der Waals surface area (Å²) in [5, 5.41) is 14.6. The van der Waals surface area contributed by atoms with Crippen LogP contribution in [0.25, 0.3) is 0 Å². The molecule has 0 aliphatic heterocycles. The highest BCUT2D eigenvalue weighted by Gasteiger charge is 2.21. The number of carboxylic acids is 1. The van der Waals surface area contributed by atoms with E-state index in [1.807, 2.05) is 6.07 Å². The van der Waals surface area contributed by atoms with Crippen molar-refractivity contribution >= 4 is 11.9 Å². The van der Waals surface area contributed by atoms with Gasteiger partial charge in [0, 0.05) is 13.6 Å². The van der Waals surface area contributed by atoms with Crippen LogP contribution >= 0.6 is 0 Å². The number of likely N-dealkylation sites (N-methyl/N-ethyl adjacent to an activating group) is 1. The number of rotatable bonds is 6. The van der Waals surface area contributed by atoms with Gasteiger partial charge in [0.2, 0.25) is 5.91 Å². The summed E-state index contributed by atoms with van der Waals surface area (Å²) in [4.78, 5) is 22.5. The first-order chi connectivity index (χ1) is 8.56. The molecule has 0 saturated carbocycles. The highest BCUT2D eigenvalue weighted by atomic mass is 16.4. The quantitative estimate of drug-likeness (QED) is 0.690. The molecule has 0 aliphatic rings. The van der Waals surface area contributed by atoms with Gasteiger partial charge in [-0.05, 0) is 12.5 Å². The van der Waals surface area contributed by atoms with Gasteiger partial charge in [-0.3, -0.25) is 9.59 Å². The van der Waals surface area contributed by atoms with Gasteiger partial charge in [-0.1, -0.05) is 30.3 Å². The summed E-state index contributed by atoms with van der Waals surface area (Å²) < 4.78 is 0.